The summed E-state index contributed by atoms with van der Waals surface area (Å²) in [5, 5.41) is 0. The van der Waals surface area contributed by atoms with Crippen molar-refractivity contribution in [3.8, 4) is 0 Å². The molecule has 2 nitrogen and oxygen atoms in total. The van der Waals surface area contributed by atoms with Crippen LogP contribution in [0.15, 0.2) is 24.3 Å². The molecule has 0 aliphatic heterocycles. The van der Waals surface area contributed by atoms with E-state index in [1.54, 1.807) is 0 Å². The number of ether oxygens (including phenoxy) is 1. The van der Waals surface area contributed by atoms with Gasteiger partial charge in [-0.15, -0.1) is 0 Å². The summed E-state index contributed by atoms with van der Waals surface area (Å²) in [6, 6.07) is 0. The van der Waals surface area contributed by atoms with E-state index in [4.69, 9.17) is 4.74 Å². The van der Waals surface area contributed by atoms with Crippen LogP contribution in [0.5, 0.6) is 0 Å². The summed E-state index contributed by atoms with van der Waals surface area (Å²) in [6.07, 6.45) is 20.4. The Kier molecular flexibility index (Phi) is 16.1. The molecular weight excluding hydrogens is 296 g/mol. The van der Waals surface area contributed by atoms with Gasteiger partial charge < -0.3 is 4.74 Å². The van der Waals surface area contributed by atoms with E-state index in [2.05, 4.69) is 52.0 Å². The lowest BCUT2D eigenvalue weighted by Gasteiger charge is -2.06. The van der Waals surface area contributed by atoms with E-state index in [-0.39, 0.29) is 5.97 Å². The van der Waals surface area contributed by atoms with E-state index in [0.29, 0.717) is 24.9 Å². The van der Waals surface area contributed by atoms with Crippen molar-refractivity contribution < 1.29 is 9.53 Å². The highest BCUT2D eigenvalue weighted by Crippen LogP contribution is 2.09. The van der Waals surface area contributed by atoms with Crippen LogP contribution >= 0.6 is 0 Å². The number of carbonyl (C=O) groups is 1. The molecule has 0 aromatic heterocycles. The molecule has 0 aliphatic rings. The number of carbonyl (C=O) groups excluding carboxylic acids is 1. The maximum absolute atomic E-state index is 11.4. The van der Waals surface area contributed by atoms with E-state index >= 15 is 0 Å². The van der Waals surface area contributed by atoms with Crippen molar-refractivity contribution >= 4 is 5.97 Å². The van der Waals surface area contributed by atoms with Gasteiger partial charge in [0, 0.05) is 6.42 Å². The van der Waals surface area contributed by atoms with E-state index in [1.165, 1.54) is 38.5 Å². The fourth-order valence-corrected chi connectivity index (χ4v) is 2.55. The Morgan fingerprint density at radius 2 is 1.67 bits per heavy atom. The molecule has 1 unspecified atom stereocenters. The Morgan fingerprint density at radius 3 is 2.38 bits per heavy atom. The summed E-state index contributed by atoms with van der Waals surface area (Å²) in [5.74, 6) is 1.11. The van der Waals surface area contributed by atoms with E-state index in [1.807, 2.05) is 0 Å². The lowest BCUT2D eigenvalue weighted by atomic mass is 10.1. The third-order valence-corrected chi connectivity index (χ3v) is 3.98. The van der Waals surface area contributed by atoms with Gasteiger partial charge in [-0.1, -0.05) is 77.7 Å². The Labute approximate surface area is 150 Å². The van der Waals surface area contributed by atoms with E-state index in [9.17, 15) is 4.79 Å². The van der Waals surface area contributed by atoms with Crippen LogP contribution in [-0.4, -0.2) is 12.6 Å². The van der Waals surface area contributed by atoms with Gasteiger partial charge in [-0.25, -0.2) is 0 Å². The number of hydrogen-bond donors (Lipinski definition) is 0. The van der Waals surface area contributed by atoms with Crippen LogP contribution in [-0.2, 0) is 9.53 Å². The third-order valence-electron chi connectivity index (χ3n) is 3.98. The molecule has 2 heteroatoms. The number of unbranched alkanes of at least 4 members (excludes halogenated alkanes) is 5. The van der Waals surface area contributed by atoms with Gasteiger partial charge in [-0.3, -0.25) is 4.79 Å². The van der Waals surface area contributed by atoms with Gasteiger partial charge in [0.15, 0.2) is 0 Å². The minimum absolute atomic E-state index is 0.0343. The van der Waals surface area contributed by atoms with Crippen molar-refractivity contribution in [3.63, 3.8) is 0 Å². The molecule has 0 aliphatic carbocycles. The zero-order valence-corrected chi connectivity index (χ0v) is 16.6. The second-order valence-corrected chi connectivity index (χ2v) is 7.28. The molecular formula is C22H40O2. The minimum Gasteiger partial charge on any atom is -0.465 e. The average molecular weight is 337 g/mol. The van der Waals surface area contributed by atoms with Crippen molar-refractivity contribution in [1.82, 2.24) is 0 Å². The molecule has 0 bridgehead atoms. The molecule has 0 saturated carbocycles. The van der Waals surface area contributed by atoms with Gasteiger partial charge in [0.25, 0.3) is 0 Å². The van der Waals surface area contributed by atoms with Gasteiger partial charge in [-0.2, -0.15) is 0 Å². The summed E-state index contributed by atoms with van der Waals surface area (Å²) in [5.41, 5.74) is 0. The molecule has 0 heterocycles. The molecule has 0 saturated heterocycles. The lowest BCUT2D eigenvalue weighted by Crippen LogP contribution is -2.09. The second kappa shape index (κ2) is 16.8. The van der Waals surface area contributed by atoms with Gasteiger partial charge >= 0.3 is 5.97 Å². The fraction of sp³-hybridized carbons (Fsp3) is 0.773. The second-order valence-electron chi connectivity index (χ2n) is 7.28. The molecule has 0 rings (SSSR count). The Bertz CT molecular complexity index is 342. The highest BCUT2D eigenvalue weighted by Gasteiger charge is 2.03. The maximum Gasteiger partial charge on any atom is 0.305 e. The highest BCUT2D eigenvalue weighted by atomic mass is 16.5. The normalized spacial score (nSPS) is 13.2. The van der Waals surface area contributed by atoms with Gasteiger partial charge in [0.1, 0.15) is 0 Å². The average Bonchev–Trinajstić information content (AvgIpc) is 2.54. The van der Waals surface area contributed by atoms with E-state index < -0.39 is 0 Å². The van der Waals surface area contributed by atoms with Crippen LogP contribution in [0, 0.1) is 11.8 Å². The Balaban J connectivity index is 3.36. The quantitative estimate of drug-likeness (QED) is 0.185. The highest BCUT2D eigenvalue weighted by molar-refractivity contribution is 5.69. The SMILES string of the molecule is CCCC(C)/C=C\C/C=C/CCCCCCCC(=O)OCC(C)C. The van der Waals surface area contributed by atoms with Crippen LogP contribution in [0.4, 0.5) is 0 Å². The molecule has 0 aromatic carbocycles. The van der Waals surface area contributed by atoms with Crippen LogP contribution in [0.3, 0.4) is 0 Å². The first-order chi connectivity index (χ1) is 11.6. The van der Waals surface area contributed by atoms with Crippen molar-refractivity contribution in [2.75, 3.05) is 6.61 Å². The van der Waals surface area contributed by atoms with Crippen LogP contribution in [0.1, 0.15) is 91.9 Å². The zero-order valence-electron chi connectivity index (χ0n) is 16.6. The van der Waals surface area contributed by atoms with Crippen molar-refractivity contribution in [3.05, 3.63) is 24.3 Å². The van der Waals surface area contributed by atoms with E-state index in [0.717, 1.165) is 19.3 Å². The van der Waals surface area contributed by atoms with Crippen LogP contribution in [0.25, 0.3) is 0 Å². The van der Waals surface area contributed by atoms with Gasteiger partial charge in [0.05, 0.1) is 6.61 Å². The summed E-state index contributed by atoms with van der Waals surface area (Å²) in [6.45, 7) is 9.20. The molecule has 0 aromatic rings. The molecule has 0 amide bonds. The topological polar surface area (TPSA) is 26.3 Å². The predicted octanol–water partition coefficient (Wildman–Crippen LogP) is 6.86. The first kappa shape index (κ1) is 22.9. The summed E-state index contributed by atoms with van der Waals surface area (Å²) in [4.78, 5) is 11.4. The molecule has 140 valence electrons. The number of rotatable bonds is 15. The Morgan fingerprint density at radius 1 is 0.958 bits per heavy atom. The number of allylic oxidation sites excluding steroid dienone is 4. The first-order valence-corrected chi connectivity index (χ1v) is 10.0. The first-order valence-electron chi connectivity index (χ1n) is 10.0. The molecule has 0 fully saturated rings. The van der Waals surface area contributed by atoms with Crippen molar-refractivity contribution in [2.45, 2.75) is 91.9 Å². The molecule has 24 heavy (non-hydrogen) atoms. The maximum atomic E-state index is 11.4. The lowest BCUT2D eigenvalue weighted by molar-refractivity contribution is -0.144. The summed E-state index contributed by atoms with van der Waals surface area (Å²) in [7, 11) is 0. The number of esters is 1. The zero-order chi connectivity index (χ0) is 18.0. The van der Waals surface area contributed by atoms with Crippen LogP contribution in [0.2, 0.25) is 0 Å². The standard InChI is InChI=1S/C22H40O2/c1-5-16-21(4)17-14-12-10-8-6-7-9-11-13-15-18-22(23)24-19-20(2)3/h8,10,14,17,20-21H,5-7,9,11-13,15-16,18-19H2,1-4H3/b10-8+,17-14-. The molecule has 0 spiro atoms. The van der Waals surface area contributed by atoms with Crippen LogP contribution < -0.4 is 0 Å². The third kappa shape index (κ3) is 17.3. The summed E-state index contributed by atoms with van der Waals surface area (Å²) < 4.78 is 5.17. The molecule has 0 N–H and O–H groups in total. The van der Waals surface area contributed by atoms with Crippen molar-refractivity contribution in [1.29, 1.82) is 0 Å². The minimum atomic E-state index is -0.0343. The fourth-order valence-electron chi connectivity index (χ4n) is 2.55. The predicted molar refractivity (Wildman–Crippen MR) is 105 cm³/mol. The number of hydrogen-bond acceptors (Lipinski definition) is 2. The monoisotopic (exact) mass is 336 g/mol. The van der Waals surface area contributed by atoms with Gasteiger partial charge in [-0.05, 0) is 43.9 Å². The summed E-state index contributed by atoms with van der Waals surface area (Å²) >= 11 is 0. The smallest absolute Gasteiger partial charge is 0.305 e. The Hall–Kier alpha value is -1.05. The molecule has 1 atom stereocenters. The van der Waals surface area contributed by atoms with Gasteiger partial charge in [0.2, 0.25) is 0 Å². The van der Waals surface area contributed by atoms with Crippen molar-refractivity contribution in [2.24, 2.45) is 11.8 Å². The molecule has 0 radical (unpaired) electrons. The largest absolute Gasteiger partial charge is 0.465 e.